The first-order valence-corrected chi connectivity index (χ1v) is 9.47. The number of hydrogen-bond acceptors (Lipinski definition) is 3. The smallest absolute Gasteiger partial charge is 0.254 e. The molecule has 0 spiro atoms. The Morgan fingerprint density at radius 1 is 0.783 bits per heavy atom. The van der Waals surface area contributed by atoms with Crippen LogP contribution in [0.2, 0.25) is 0 Å². The van der Waals surface area contributed by atoms with Crippen LogP contribution in [0.25, 0.3) is 0 Å². The molecule has 0 aromatic heterocycles. The third kappa shape index (κ3) is 8.50. The van der Waals surface area contributed by atoms with Crippen molar-refractivity contribution in [3.63, 3.8) is 0 Å². The number of carbonyl (C=O) groups excluding carboxylic acids is 2. The van der Waals surface area contributed by atoms with Crippen LogP contribution >= 0.6 is 0 Å². The monoisotopic (exact) mass is 325 g/mol. The van der Waals surface area contributed by atoms with Crippen LogP contribution in [-0.2, 0) is 14.3 Å². The van der Waals surface area contributed by atoms with Crippen LogP contribution in [-0.4, -0.2) is 42.9 Å². The van der Waals surface area contributed by atoms with Gasteiger partial charge in [0.15, 0.2) is 18.0 Å². The van der Waals surface area contributed by atoms with E-state index in [2.05, 4.69) is 6.92 Å². The maximum Gasteiger partial charge on any atom is 0.254 e. The number of rotatable bonds is 14. The van der Waals surface area contributed by atoms with E-state index < -0.39 is 12.2 Å². The summed E-state index contributed by atoms with van der Waals surface area (Å²) in [7, 11) is 3.38. The average molecular weight is 325 g/mol. The SMILES string of the molecule is CCCCCCCCCCCCCC(=O)[C@@H]1O[C@@H]1C(=O)N(C)C. The second kappa shape index (κ2) is 11.6. The molecule has 4 nitrogen and oxygen atoms in total. The molecule has 0 saturated carbocycles. The van der Waals surface area contributed by atoms with E-state index in [0.29, 0.717) is 6.42 Å². The molecular weight excluding hydrogens is 290 g/mol. The van der Waals surface area contributed by atoms with E-state index in [9.17, 15) is 9.59 Å². The van der Waals surface area contributed by atoms with Gasteiger partial charge in [-0.1, -0.05) is 71.1 Å². The summed E-state index contributed by atoms with van der Waals surface area (Å²) in [6, 6.07) is 0. The van der Waals surface area contributed by atoms with Gasteiger partial charge in [-0.25, -0.2) is 0 Å². The Morgan fingerprint density at radius 2 is 1.26 bits per heavy atom. The van der Waals surface area contributed by atoms with Gasteiger partial charge in [-0.15, -0.1) is 0 Å². The number of epoxide rings is 1. The summed E-state index contributed by atoms with van der Waals surface area (Å²) in [5, 5.41) is 0. The van der Waals surface area contributed by atoms with Crippen LogP contribution in [0.1, 0.15) is 84.0 Å². The fraction of sp³-hybridized carbons (Fsp3) is 0.895. The molecule has 0 N–H and O–H groups in total. The van der Waals surface area contributed by atoms with Gasteiger partial charge >= 0.3 is 0 Å². The molecule has 0 aliphatic carbocycles. The van der Waals surface area contributed by atoms with E-state index in [1.165, 1.54) is 62.7 Å². The number of Topliss-reactive ketones (excluding diaryl/α,β-unsaturated/α-hetero) is 1. The maximum absolute atomic E-state index is 11.9. The second-order valence-electron chi connectivity index (χ2n) is 6.96. The number of unbranched alkanes of at least 4 members (excludes halogenated alkanes) is 10. The first-order chi connectivity index (χ1) is 11.1. The fourth-order valence-electron chi connectivity index (χ4n) is 2.91. The molecule has 0 aromatic rings. The molecule has 1 aliphatic rings. The number of carbonyl (C=O) groups is 2. The molecule has 1 saturated heterocycles. The predicted octanol–water partition coefficient (Wildman–Crippen LogP) is 4.11. The van der Waals surface area contributed by atoms with E-state index in [0.717, 1.165) is 12.8 Å². The predicted molar refractivity (Wildman–Crippen MR) is 93.4 cm³/mol. The Kier molecular flexibility index (Phi) is 10.2. The topological polar surface area (TPSA) is 49.9 Å². The lowest BCUT2D eigenvalue weighted by atomic mass is 10.0. The van der Waals surface area contributed by atoms with Crippen molar-refractivity contribution in [3.8, 4) is 0 Å². The Bertz CT molecular complexity index is 355. The highest BCUT2D eigenvalue weighted by molar-refractivity contribution is 5.95. The van der Waals surface area contributed by atoms with Gasteiger partial charge in [-0.3, -0.25) is 9.59 Å². The molecule has 1 amide bonds. The second-order valence-corrected chi connectivity index (χ2v) is 6.96. The minimum atomic E-state index is -0.509. The molecule has 1 rings (SSSR count). The zero-order chi connectivity index (χ0) is 17.1. The lowest BCUT2D eigenvalue weighted by Crippen LogP contribution is -2.29. The largest absolute Gasteiger partial charge is 0.351 e. The molecular formula is C19H35NO3. The third-order valence-corrected chi connectivity index (χ3v) is 4.52. The zero-order valence-electron chi connectivity index (χ0n) is 15.3. The summed E-state index contributed by atoms with van der Waals surface area (Å²) < 4.78 is 5.21. The van der Waals surface area contributed by atoms with Crippen LogP contribution in [0.3, 0.4) is 0 Å². The number of ketones is 1. The Labute approximate surface area is 141 Å². The number of amides is 1. The van der Waals surface area contributed by atoms with Crippen molar-refractivity contribution in [1.82, 2.24) is 4.90 Å². The molecule has 23 heavy (non-hydrogen) atoms. The quantitative estimate of drug-likeness (QED) is 0.357. The summed E-state index contributed by atoms with van der Waals surface area (Å²) >= 11 is 0. The Hall–Kier alpha value is -0.900. The summed E-state index contributed by atoms with van der Waals surface area (Å²) in [6.07, 6.45) is 13.6. The molecule has 2 atom stereocenters. The van der Waals surface area contributed by atoms with Gasteiger partial charge in [0.1, 0.15) is 0 Å². The third-order valence-electron chi connectivity index (χ3n) is 4.52. The maximum atomic E-state index is 11.9. The molecule has 134 valence electrons. The number of nitrogens with zero attached hydrogens (tertiary/aromatic N) is 1. The molecule has 1 aliphatic heterocycles. The number of hydrogen-bond donors (Lipinski definition) is 0. The molecule has 0 unspecified atom stereocenters. The van der Waals surface area contributed by atoms with Gasteiger partial charge in [-0.05, 0) is 6.42 Å². The molecule has 0 bridgehead atoms. The van der Waals surface area contributed by atoms with Gasteiger partial charge in [0, 0.05) is 20.5 Å². The zero-order valence-corrected chi connectivity index (χ0v) is 15.3. The van der Waals surface area contributed by atoms with Crippen molar-refractivity contribution in [3.05, 3.63) is 0 Å². The van der Waals surface area contributed by atoms with Gasteiger partial charge in [-0.2, -0.15) is 0 Å². The van der Waals surface area contributed by atoms with Crippen LogP contribution in [0, 0.1) is 0 Å². The Balaban J connectivity index is 1.88. The molecule has 1 heterocycles. The molecule has 0 aromatic carbocycles. The first-order valence-electron chi connectivity index (χ1n) is 9.47. The first kappa shape index (κ1) is 20.1. The van der Waals surface area contributed by atoms with Crippen LogP contribution < -0.4 is 0 Å². The average Bonchev–Trinajstić information content (AvgIpc) is 3.32. The fourth-order valence-corrected chi connectivity index (χ4v) is 2.91. The molecule has 4 heteroatoms. The standard InChI is InChI=1S/C19H35NO3/c1-4-5-6-7-8-9-10-11-12-13-14-15-16(21)17-18(23-17)19(22)20(2)3/h17-18H,4-15H2,1-3H3/t17-,18-/m0/s1. The minimum Gasteiger partial charge on any atom is -0.351 e. The molecule has 0 radical (unpaired) electrons. The van der Waals surface area contributed by atoms with Gasteiger partial charge in [0.25, 0.3) is 5.91 Å². The van der Waals surface area contributed by atoms with Gasteiger partial charge in [0.2, 0.25) is 0 Å². The summed E-state index contributed by atoms with van der Waals surface area (Å²) in [5.41, 5.74) is 0. The van der Waals surface area contributed by atoms with Gasteiger partial charge in [0.05, 0.1) is 0 Å². The van der Waals surface area contributed by atoms with E-state index >= 15 is 0 Å². The van der Waals surface area contributed by atoms with Crippen molar-refractivity contribution in [2.24, 2.45) is 0 Å². The number of ether oxygens (including phenoxy) is 1. The normalized spacial score (nSPS) is 19.6. The van der Waals surface area contributed by atoms with Crippen LogP contribution in [0.4, 0.5) is 0 Å². The lowest BCUT2D eigenvalue weighted by Gasteiger charge is -2.06. The van der Waals surface area contributed by atoms with E-state index in [4.69, 9.17) is 4.74 Å². The van der Waals surface area contributed by atoms with Crippen molar-refractivity contribution < 1.29 is 14.3 Å². The van der Waals surface area contributed by atoms with Crippen molar-refractivity contribution in [2.75, 3.05) is 14.1 Å². The number of likely N-dealkylation sites (N-methyl/N-ethyl adjacent to an activating group) is 1. The summed E-state index contributed by atoms with van der Waals surface area (Å²) in [5.74, 6) is 0.00316. The van der Waals surface area contributed by atoms with Gasteiger partial charge < -0.3 is 9.64 Å². The lowest BCUT2D eigenvalue weighted by molar-refractivity contribution is -0.130. The Morgan fingerprint density at radius 3 is 1.74 bits per heavy atom. The van der Waals surface area contributed by atoms with E-state index in [-0.39, 0.29) is 11.7 Å². The van der Waals surface area contributed by atoms with Crippen molar-refractivity contribution in [1.29, 1.82) is 0 Å². The van der Waals surface area contributed by atoms with Crippen molar-refractivity contribution >= 4 is 11.7 Å². The van der Waals surface area contributed by atoms with Crippen LogP contribution in [0.5, 0.6) is 0 Å². The summed E-state index contributed by atoms with van der Waals surface area (Å²) in [4.78, 5) is 25.0. The van der Waals surface area contributed by atoms with E-state index in [1.54, 1.807) is 14.1 Å². The van der Waals surface area contributed by atoms with Crippen LogP contribution in [0.15, 0.2) is 0 Å². The highest BCUT2D eigenvalue weighted by atomic mass is 16.6. The molecule has 1 fully saturated rings. The highest BCUT2D eigenvalue weighted by Gasteiger charge is 2.49. The minimum absolute atomic E-state index is 0.0951. The summed E-state index contributed by atoms with van der Waals surface area (Å²) in [6.45, 7) is 2.25. The highest BCUT2D eigenvalue weighted by Crippen LogP contribution is 2.26. The van der Waals surface area contributed by atoms with E-state index in [1.807, 2.05) is 0 Å². The van der Waals surface area contributed by atoms with Crippen molar-refractivity contribution in [2.45, 2.75) is 96.2 Å².